The van der Waals surface area contributed by atoms with Crippen LogP contribution >= 0.6 is 0 Å². The lowest BCUT2D eigenvalue weighted by atomic mass is 10.0. The van der Waals surface area contributed by atoms with E-state index < -0.39 is 0 Å². The fourth-order valence-corrected chi connectivity index (χ4v) is 3.44. The number of Topliss-reactive ketones (excluding diaryl/α,β-unsaturated/α-hetero) is 1. The summed E-state index contributed by atoms with van der Waals surface area (Å²) in [6, 6.07) is 21.3. The Hall–Kier alpha value is -3.18. The Morgan fingerprint density at radius 1 is 0.786 bits per heavy atom. The lowest BCUT2D eigenvalue weighted by molar-refractivity contribution is 0.0596. The Morgan fingerprint density at radius 3 is 2.11 bits per heavy atom. The zero-order valence-corrected chi connectivity index (χ0v) is 15.6. The first-order chi connectivity index (χ1) is 13.7. The number of amides is 1. The van der Waals surface area contributed by atoms with Crippen LogP contribution in [0.5, 0.6) is 0 Å². The Balaban J connectivity index is 1.31. The highest BCUT2D eigenvalue weighted by atomic mass is 16.3. The maximum atomic E-state index is 12.6. The molecule has 28 heavy (non-hydrogen) atoms. The third-order valence-electron chi connectivity index (χ3n) is 5.07. The number of nitrogens with zero attached hydrogens (tertiary/aromatic N) is 2. The number of carbonyl (C=O) groups excluding carboxylic acids is 2. The highest BCUT2D eigenvalue weighted by molar-refractivity contribution is 5.98. The summed E-state index contributed by atoms with van der Waals surface area (Å²) in [6.07, 6.45) is 1.51. The Labute approximate surface area is 164 Å². The van der Waals surface area contributed by atoms with Crippen LogP contribution in [0.15, 0.2) is 77.4 Å². The summed E-state index contributed by atoms with van der Waals surface area (Å²) < 4.78 is 5.18. The molecule has 1 aliphatic heterocycles. The van der Waals surface area contributed by atoms with Crippen molar-refractivity contribution >= 4 is 11.7 Å². The van der Waals surface area contributed by atoms with Gasteiger partial charge in [0.2, 0.25) is 0 Å². The Bertz CT molecular complexity index is 926. The first-order valence-corrected chi connectivity index (χ1v) is 9.44. The molecule has 1 saturated heterocycles. The van der Waals surface area contributed by atoms with Gasteiger partial charge < -0.3 is 9.32 Å². The van der Waals surface area contributed by atoms with Crippen LogP contribution in [0, 0.1) is 0 Å². The first-order valence-electron chi connectivity index (χ1n) is 9.44. The fourth-order valence-electron chi connectivity index (χ4n) is 3.44. The quantitative estimate of drug-likeness (QED) is 0.641. The van der Waals surface area contributed by atoms with Crippen LogP contribution in [0.3, 0.4) is 0 Å². The second kappa shape index (κ2) is 8.23. The third-order valence-corrected chi connectivity index (χ3v) is 5.07. The number of benzene rings is 2. The van der Waals surface area contributed by atoms with Gasteiger partial charge in [0.1, 0.15) is 0 Å². The largest absolute Gasteiger partial charge is 0.459 e. The van der Waals surface area contributed by atoms with Gasteiger partial charge in [-0.15, -0.1) is 0 Å². The first kappa shape index (κ1) is 18.2. The lowest BCUT2D eigenvalue weighted by Crippen LogP contribution is -2.49. The molecule has 4 rings (SSSR count). The van der Waals surface area contributed by atoms with Gasteiger partial charge in [-0.3, -0.25) is 14.5 Å². The van der Waals surface area contributed by atoms with Gasteiger partial charge in [0.05, 0.1) is 12.8 Å². The summed E-state index contributed by atoms with van der Waals surface area (Å²) >= 11 is 0. The minimum absolute atomic E-state index is 0.0903. The molecule has 0 aliphatic carbocycles. The molecule has 3 aromatic rings. The van der Waals surface area contributed by atoms with Gasteiger partial charge in [-0.05, 0) is 23.3 Å². The molecule has 142 valence electrons. The van der Waals surface area contributed by atoms with Gasteiger partial charge in [0, 0.05) is 31.7 Å². The predicted molar refractivity (Wildman–Crippen MR) is 107 cm³/mol. The monoisotopic (exact) mass is 374 g/mol. The van der Waals surface area contributed by atoms with Crippen molar-refractivity contribution in [3.8, 4) is 11.1 Å². The Morgan fingerprint density at radius 2 is 1.46 bits per heavy atom. The van der Waals surface area contributed by atoms with E-state index >= 15 is 0 Å². The van der Waals surface area contributed by atoms with Gasteiger partial charge in [0.15, 0.2) is 11.5 Å². The molecule has 0 atom stereocenters. The molecule has 1 amide bonds. The van der Waals surface area contributed by atoms with Crippen LogP contribution in [0.4, 0.5) is 0 Å². The van der Waals surface area contributed by atoms with E-state index in [0.29, 0.717) is 44.0 Å². The SMILES string of the molecule is O=C(CN1CCN(C(=O)c2ccco2)CC1)c1ccc(-c2ccccc2)cc1. The summed E-state index contributed by atoms with van der Waals surface area (Å²) in [5.74, 6) is 0.376. The van der Waals surface area contributed by atoms with E-state index in [2.05, 4.69) is 17.0 Å². The maximum absolute atomic E-state index is 12.6. The van der Waals surface area contributed by atoms with E-state index in [0.717, 1.165) is 11.1 Å². The van der Waals surface area contributed by atoms with Gasteiger partial charge >= 0.3 is 0 Å². The number of piperazine rings is 1. The second-order valence-corrected chi connectivity index (χ2v) is 6.91. The average molecular weight is 374 g/mol. The van der Waals surface area contributed by atoms with Gasteiger partial charge in [-0.25, -0.2) is 0 Å². The molecule has 0 unspecified atom stereocenters. The normalized spacial score (nSPS) is 14.8. The summed E-state index contributed by atoms with van der Waals surface area (Å²) in [5, 5.41) is 0. The Kier molecular flexibility index (Phi) is 5.35. The standard InChI is InChI=1S/C23H22N2O3/c26-21(20-10-8-19(9-11-20)18-5-2-1-3-6-18)17-24-12-14-25(15-13-24)23(27)22-7-4-16-28-22/h1-11,16H,12-15,17H2. The molecule has 0 radical (unpaired) electrons. The summed E-state index contributed by atoms with van der Waals surface area (Å²) in [6.45, 7) is 2.92. The number of hydrogen-bond acceptors (Lipinski definition) is 4. The molecule has 5 heteroatoms. The number of hydrogen-bond donors (Lipinski definition) is 0. The molecule has 0 spiro atoms. The zero-order chi connectivity index (χ0) is 19.3. The number of ketones is 1. The predicted octanol–water partition coefficient (Wildman–Crippen LogP) is 3.59. The van der Waals surface area contributed by atoms with Crippen molar-refractivity contribution in [3.05, 3.63) is 84.3 Å². The van der Waals surface area contributed by atoms with Crippen molar-refractivity contribution in [3.63, 3.8) is 0 Å². The molecular formula is C23H22N2O3. The molecule has 1 aliphatic rings. The van der Waals surface area contributed by atoms with Crippen LogP contribution < -0.4 is 0 Å². The van der Waals surface area contributed by atoms with Crippen LogP contribution in [0.1, 0.15) is 20.9 Å². The summed E-state index contributed by atoms with van der Waals surface area (Å²) in [4.78, 5) is 28.8. The fraction of sp³-hybridized carbons (Fsp3) is 0.217. The molecule has 0 bridgehead atoms. The van der Waals surface area contributed by atoms with Crippen LogP contribution in [0.25, 0.3) is 11.1 Å². The van der Waals surface area contributed by atoms with E-state index in [1.165, 1.54) is 6.26 Å². The summed E-state index contributed by atoms with van der Waals surface area (Å²) in [7, 11) is 0. The molecule has 1 aromatic heterocycles. The molecule has 1 fully saturated rings. The van der Waals surface area contributed by atoms with Crippen LogP contribution in [-0.4, -0.2) is 54.2 Å². The van der Waals surface area contributed by atoms with E-state index in [4.69, 9.17) is 4.42 Å². The van der Waals surface area contributed by atoms with Crippen molar-refractivity contribution in [2.45, 2.75) is 0 Å². The minimum Gasteiger partial charge on any atom is -0.459 e. The second-order valence-electron chi connectivity index (χ2n) is 6.91. The van der Waals surface area contributed by atoms with Crippen LogP contribution in [-0.2, 0) is 0 Å². The van der Waals surface area contributed by atoms with Gasteiger partial charge in [-0.1, -0.05) is 54.6 Å². The van der Waals surface area contributed by atoms with Crippen molar-refractivity contribution in [1.82, 2.24) is 9.80 Å². The van der Waals surface area contributed by atoms with E-state index in [1.54, 1.807) is 17.0 Å². The highest BCUT2D eigenvalue weighted by Crippen LogP contribution is 2.19. The van der Waals surface area contributed by atoms with E-state index in [1.807, 2.05) is 42.5 Å². The number of furan rings is 1. The molecule has 2 aromatic carbocycles. The number of carbonyl (C=O) groups is 2. The third kappa shape index (κ3) is 4.05. The molecular weight excluding hydrogens is 352 g/mol. The van der Waals surface area contributed by atoms with Gasteiger partial charge in [0.25, 0.3) is 5.91 Å². The van der Waals surface area contributed by atoms with E-state index in [9.17, 15) is 9.59 Å². The maximum Gasteiger partial charge on any atom is 0.289 e. The minimum atomic E-state index is -0.0903. The topological polar surface area (TPSA) is 53.8 Å². The van der Waals surface area contributed by atoms with Crippen molar-refractivity contribution in [2.24, 2.45) is 0 Å². The van der Waals surface area contributed by atoms with Crippen LogP contribution in [0.2, 0.25) is 0 Å². The van der Waals surface area contributed by atoms with Crippen molar-refractivity contribution < 1.29 is 14.0 Å². The zero-order valence-electron chi connectivity index (χ0n) is 15.6. The van der Waals surface area contributed by atoms with E-state index in [-0.39, 0.29) is 11.7 Å². The highest BCUT2D eigenvalue weighted by Gasteiger charge is 2.24. The number of rotatable bonds is 5. The summed E-state index contributed by atoms with van der Waals surface area (Å²) in [5.41, 5.74) is 2.95. The lowest BCUT2D eigenvalue weighted by Gasteiger charge is -2.33. The average Bonchev–Trinajstić information content (AvgIpc) is 3.29. The van der Waals surface area contributed by atoms with Crippen molar-refractivity contribution in [2.75, 3.05) is 32.7 Å². The van der Waals surface area contributed by atoms with Crippen molar-refractivity contribution in [1.29, 1.82) is 0 Å². The molecule has 0 saturated carbocycles. The molecule has 0 N–H and O–H groups in total. The van der Waals surface area contributed by atoms with Gasteiger partial charge in [-0.2, -0.15) is 0 Å². The molecule has 2 heterocycles. The smallest absolute Gasteiger partial charge is 0.289 e. The molecule has 5 nitrogen and oxygen atoms in total.